The van der Waals surface area contributed by atoms with Crippen molar-refractivity contribution in [2.75, 3.05) is 0 Å². The summed E-state index contributed by atoms with van der Waals surface area (Å²) in [4.78, 5) is 22.0. The van der Waals surface area contributed by atoms with Gasteiger partial charge in [0.2, 0.25) is 0 Å². The van der Waals surface area contributed by atoms with Crippen molar-refractivity contribution in [1.82, 2.24) is 0 Å². The summed E-state index contributed by atoms with van der Waals surface area (Å²) in [7, 11) is 0. The standard InChI is InChI=1S/C12H14O3S/c1-8(13)9(2)16-7-10-5-3-4-6-11(10)12(14)15/h3-6,9H,7H2,1-2H3,(H,14,15). The summed E-state index contributed by atoms with van der Waals surface area (Å²) in [5.74, 6) is -0.270. The van der Waals surface area contributed by atoms with Gasteiger partial charge in [-0.1, -0.05) is 18.2 Å². The second-order valence-electron chi connectivity index (χ2n) is 3.53. The summed E-state index contributed by atoms with van der Waals surface area (Å²) < 4.78 is 0. The van der Waals surface area contributed by atoms with Crippen LogP contribution in [0.15, 0.2) is 24.3 Å². The van der Waals surface area contributed by atoms with E-state index in [1.165, 1.54) is 11.8 Å². The Hall–Kier alpha value is -1.29. The number of thioether (sulfide) groups is 1. The van der Waals surface area contributed by atoms with E-state index in [2.05, 4.69) is 0 Å². The fourth-order valence-electron chi connectivity index (χ4n) is 1.19. The van der Waals surface area contributed by atoms with Gasteiger partial charge in [0.05, 0.1) is 10.8 Å². The lowest BCUT2D eigenvalue weighted by Crippen LogP contribution is -2.09. The van der Waals surface area contributed by atoms with E-state index in [-0.39, 0.29) is 11.0 Å². The van der Waals surface area contributed by atoms with Crippen molar-refractivity contribution < 1.29 is 14.7 Å². The molecule has 1 rings (SSSR count). The Morgan fingerprint density at radius 3 is 2.56 bits per heavy atom. The fourth-order valence-corrected chi connectivity index (χ4v) is 2.10. The molecule has 3 nitrogen and oxygen atoms in total. The number of ketones is 1. The van der Waals surface area contributed by atoms with Crippen LogP contribution in [0.2, 0.25) is 0 Å². The number of hydrogen-bond acceptors (Lipinski definition) is 3. The molecule has 0 aliphatic rings. The molecule has 0 radical (unpaired) electrons. The number of carboxylic acid groups (broad SMARTS) is 1. The van der Waals surface area contributed by atoms with E-state index in [4.69, 9.17) is 5.11 Å². The molecule has 4 heteroatoms. The Labute approximate surface area is 98.9 Å². The molecule has 0 saturated heterocycles. The van der Waals surface area contributed by atoms with Crippen LogP contribution in [-0.2, 0) is 10.5 Å². The molecule has 0 fully saturated rings. The fraction of sp³-hybridized carbons (Fsp3) is 0.333. The van der Waals surface area contributed by atoms with Crippen molar-refractivity contribution in [3.8, 4) is 0 Å². The van der Waals surface area contributed by atoms with Crippen LogP contribution in [0.1, 0.15) is 29.8 Å². The Morgan fingerprint density at radius 1 is 1.38 bits per heavy atom. The predicted octanol–water partition coefficient (Wildman–Crippen LogP) is 2.60. The van der Waals surface area contributed by atoms with Crippen LogP contribution < -0.4 is 0 Å². The number of benzene rings is 1. The van der Waals surface area contributed by atoms with Gasteiger partial charge in [-0.2, -0.15) is 0 Å². The Bertz CT molecular complexity index is 401. The Morgan fingerprint density at radius 2 is 2.00 bits per heavy atom. The van der Waals surface area contributed by atoms with Crippen LogP contribution in [0.4, 0.5) is 0 Å². The number of aromatic carboxylic acids is 1. The minimum atomic E-state index is -0.924. The third-order valence-electron chi connectivity index (χ3n) is 2.31. The van der Waals surface area contributed by atoms with Crippen LogP contribution in [0.3, 0.4) is 0 Å². The summed E-state index contributed by atoms with van der Waals surface area (Å²) in [6.45, 7) is 3.37. The van der Waals surface area contributed by atoms with E-state index in [1.807, 2.05) is 6.92 Å². The molecule has 0 aliphatic carbocycles. The average Bonchev–Trinajstić information content (AvgIpc) is 2.25. The van der Waals surface area contributed by atoms with E-state index in [0.717, 1.165) is 5.56 Å². The number of Topliss-reactive ketones (excluding diaryl/α,β-unsaturated/α-hetero) is 1. The quantitative estimate of drug-likeness (QED) is 0.856. The molecule has 0 aliphatic heterocycles. The first-order valence-electron chi connectivity index (χ1n) is 4.95. The van der Waals surface area contributed by atoms with Crippen molar-refractivity contribution in [3.63, 3.8) is 0 Å². The number of carboxylic acids is 1. The molecule has 0 amide bonds. The van der Waals surface area contributed by atoms with Crippen LogP contribution in [-0.4, -0.2) is 22.1 Å². The first-order valence-corrected chi connectivity index (χ1v) is 6.00. The zero-order valence-electron chi connectivity index (χ0n) is 9.27. The van der Waals surface area contributed by atoms with E-state index < -0.39 is 5.97 Å². The van der Waals surface area contributed by atoms with Gasteiger partial charge < -0.3 is 5.11 Å². The molecule has 0 bridgehead atoms. The van der Waals surface area contributed by atoms with Gasteiger partial charge in [0.25, 0.3) is 0 Å². The third-order valence-corrected chi connectivity index (χ3v) is 3.62. The monoisotopic (exact) mass is 238 g/mol. The number of carbonyl (C=O) groups is 2. The maximum Gasteiger partial charge on any atom is 0.335 e. The van der Waals surface area contributed by atoms with Crippen molar-refractivity contribution in [2.45, 2.75) is 24.9 Å². The largest absolute Gasteiger partial charge is 0.478 e. The summed E-state index contributed by atoms with van der Waals surface area (Å²) in [5.41, 5.74) is 1.07. The first-order chi connectivity index (χ1) is 7.52. The lowest BCUT2D eigenvalue weighted by atomic mass is 10.1. The molecule has 0 saturated carbocycles. The van der Waals surface area contributed by atoms with Gasteiger partial charge in [-0.15, -0.1) is 11.8 Å². The number of rotatable bonds is 5. The van der Waals surface area contributed by atoms with Crippen molar-refractivity contribution in [3.05, 3.63) is 35.4 Å². The number of hydrogen-bond donors (Lipinski definition) is 1. The molecular weight excluding hydrogens is 224 g/mol. The van der Waals surface area contributed by atoms with Gasteiger partial charge in [-0.05, 0) is 25.5 Å². The van der Waals surface area contributed by atoms with Gasteiger partial charge in [0.1, 0.15) is 5.78 Å². The van der Waals surface area contributed by atoms with E-state index in [1.54, 1.807) is 31.2 Å². The van der Waals surface area contributed by atoms with Crippen LogP contribution >= 0.6 is 11.8 Å². The Balaban J connectivity index is 2.74. The zero-order valence-corrected chi connectivity index (χ0v) is 10.1. The first kappa shape index (κ1) is 12.8. The smallest absolute Gasteiger partial charge is 0.335 e. The molecule has 0 aromatic heterocycles. The molecule has 1 unspecified atom stereocenters. The number of carbonyl (C=O) groups excluding carboxylic acids is 1. The Kier molecular flexibility index (Phi) is 4.55. The van der Waals surface area contributed by atoms with E-state index in [9.17, 15) is 9.59 Å². The zero-order chi connectivity index (χ0) is 12.1. The summed E-state index contributed by atoms with van der Waals surface area (Å²) >= 11 is 1.46. The second-order valence-corrected chi connectivity index (χ2v) is 4.86. The van der Waals surface area contributed by atoms with Gasteiger partial charge in [-0.3, -0.25) is 4.79 Å². The summed E-state index contributed by atoms with van der Waals surface area (Å²) in [6.07, 6.45) is 0. The topological polar surface area (TPSA) is 54.4 Å². The highest BCUT2D eigenvalue weighted by atomic mass is 32.2. The van der Waals surface area contributed by atoms with Crippen molar-refractivity contribution >= 4 is 23.5 Å². The molecule has 1 aromatic rings. The maximum atomic E-state index is 11.0. The second kappa shape index (κ2) is 5.70. The highest BCUT2D eigenvalue weighted by Crippen LogP contribution is 2.20. The molecule has 0 heterocycles. The van der Waals surface area contributed by atoms with Crippen molar-refractivity contribution in [2.24, 2.45) is 0 Å². The van der Waals surface area contributed by atoms with Gasteiger partial charge in [-0.25, -0.2) is 4.79 Å². The van der Waals surface area contributed by atoms with Gasteiger partial charge >= 0.3 is 5.97 Å². The molecule has 1 N–H and O–H groups in total. The van der Waals surface area contributed by atoms with E-state index >= 15 is 0 Å². The molecule has 16 heavy (non-hydrogen) atoms. The van der Waals surface area contributed by atoms with Gasteiger partial charge in [0, 0.05) is 5.75 Å². The predicted molar refractivity (Wildman–Crippen MR) is 64.8 cm³/mol. The maximum absolute atomic E-state index is 11.0. The molecule has 1 aromatic carbocycles. The van der Waals surface area contributed by atoms with Crippen LogP contribution in [0.25, 0.3) is 0 Å². The molecule has 0 spiro atoms. The highest BCUT2D eigenvalue weighted by molar-refractivity contribution is 7.99. The molecule has 86 valence electrons. The van der Waals surface area contributed by atoms with E-state index in [0.29, 0.717) is 11.3 Å². The third kappa shape index (κ3) is 3.38. The summed E-state index contributed by atoms with van der Waals surface area (Å²) in [6, 6.07) is 6.87. The summed E-state index contributed by atoms with van der Waals surface area (Å²) in [5, 5.41) is 8.87. The lowest BCUT2D eigenvalue weighted by molar-refractivity contribution is -0.116. The molecular formula is C12H14O3S. The average molecular weight is 238 g/mol. The van der Waals surface area contributed by atoms with Gasteiger partial charge in [0.15, 0.2) is 0 Å². The van der Waals surface area contributed by atoms with Crippen molar-refractivity contribution in [1.29, 1.82) is 0 Å². The molecule has 1 atom stereocenters. The minimum Gasteiger partial charge on any atom is -0.478 e. The SMILES string of the molecule is CC(=O)C(C)SCc1ccccc1C(=O)O. The minimum absolute atomic E-state index is 0.0955. The van der Waals surface area contributed by atoms with Crippen LogP contribution in [0.5, 0.6) is 0 Å². The highest BCUT2D eigenvalue weighted by Gasteiger charge is 2.12. The normalized spacial score (nSPS) is 12.1. The lowest BCUT2D eigenvalue weighted by Gasteiger charge is -2.09. The van der Waals surface area contributed by atoms with Crippen LogP contribution in [0, 0.1) is 0 Å².